The highest BCUT2D eigenvalue weighted by atomic mass is 16.6. The summed E-state index contributed by atoms with van der Waals surface area (Å²) in [6, 6.07) is 0. The number of carbonyl (C=O) groups is 1. The summed E-state index contributed by atoms with van der Waals surface area (Å²) in [7, 11) is 0. The van der Waals surface area contributed by atoms with Crippen molar-refractivity contribution in [2.24, 2.45) is 11.3 Å². The van der Waals surface area contributed by atoms with E-state index in [1.165, 1.54) is 0 Å². The molecular formula is C12H22N2O2. The second-order valence-corrected chi connectivity index (χ2v) is 6.34. The smallest absolute Gasteiger partial charge is 0.410 e. The van der Waals surface area contributed by atoms with E-state index >= 15 is 0 Å². The van der Waals surface area contributed by atoms with Gasteiger partial charge in [-0.2, -0.15) is 0 Å². The average Bonchev–Trinajstić information content (AvgIpc) is 2.55. The average molecular weight is 226 g/mol. The molecule has 2 aliphatic heterocycles. The van der Waals surface area contributed by atoms with E-state index in [0.29, 0.717) is 5.92 Å². The molecule has 0 aliphatic carbocycles. The van der Waals surface area contributed by atoms with Crippen LogP contribution in [0.15, 0.2) is 0 Å². The number of hydrogen-bond acceptors (Lipinski definition) is 3. The van der Waals surface area contributed by atoms with Crippen LogP contribution in [0.25, 0.3) is 0 Å². The van der Waals surface area contributed by atoms with E-state index in [9.17, 15) is 4.79 Å². The maximum atomic E-state index is 11.9. The van der Waals surface area contributed by atoms with Crippen LogP contribution >= 0.6 is 0 Å². The first kappa shape index (κ1) is 11.7. The van der Waals surface area contributed by atoms with Gasteiger partial charge in [0.05, 0.1) is 0 Å². The molecule has 1 N–H and O–H groups in total. The minimum atomic E-state index is -0.395. The van der Waals surface area contributed by atoms with Crippen molar-refractivity contribution in [1.29, 1.82) is 0 Å². The van der Waals surface area contributed by atoms with Crippen molar-refractivity contribution >= 4 is 6.09 Å². The fourth-order valence-electron chi connectivity index (χ4n) is 2.62. The number of nitrogens with zero attached hydrogens (tertiary/aromatic N) is 1. The van der Waals surface area contributed by atoms with Gasteiger partial charge in [-0.25, -0.2) is 4.79 Å². The third-order valence-electron chi connectivity index (χ3n) is 3.55. The summed E-state index contributed by atoms with van der Waals surface area (Å²) in [6.45, 7) is 11.7. The van der Waals surface area contributed by atoms with Crippen molar-refractivity contribution < 1.29 is 9.53 Å². The highest BCUT2D eigenvalue weighted by molar-refractivity contribution is 5.68. The molecule has 1 unspecified atom stereocenters. The van der Waals surface area contributed by atoms with Crippen LogP contribution in [0, 0.1) is 11.3 Å². The van der Waals surface area contributed by atoms with Crippen molar-refractivity contribution in [1.82, 2.24) is 10.2 Å². The highest BCUT2D eigenvalue weighted by Crippen LogP contribution is 2.38. The van der Waals surface area contributed by atoms with E-state index in [1.54, 1.807) is 0 Å². The second kappa shape index (κ2) is 3.62. The summed E-state index contributed by atoms with van der Waals surface area (Å²) in [5.41, 5.74) is -0.148. The summed E-state index contributed by atoms with van der Waals surface area (Å²) in [4.78, 5) is 13.8. The lowest BCUT2D eigenvalue weighted by molar-refractivity contribution is 0.0272. The molecule has 16 heavy (non-hydrogen) atoms. The Kier molecular flexibility index (Phi) is 2.65. The van der Waals surface area contributed by atoms with Crippen molar-refractivity contribution in [3.05, 3.63) is 0 Å². The molecule has 2 saturated heterocycles. The topological polar surface area (TPSA) is 41.6 Å². The molecule has 0 spiro atoms. The van der Waals surface area contributed by atoms with Gasteiger partial charge in [-0.05, 0) is 26.7 Å². The molecule has 0 aromatic rings. The summed E-state index contributed by atoms with van der Waals surface area (Å²) in [5.74, 6) is 0.583. The normalized spacial score (nSPS) is 34.0. The number of fused-ring (bicyclic) bond motifs is 1. The number of amides is 1. The molecule has 4 heteroatoms. The van der Waals surface area contributed by atoms with Crippen LogP contribution in [0.2, 0.25) is 0 Å². The molecule has 0 aromatic heterocycles. The van der Waals surface area contributed by atoms with Gasteiger partial charge >= 0.3 is 6.09 Å². The van der Waals surface area contributed by atoms with Crippen LogP contribution in [0.1, 0.15) is 27.7 Å². The summed E-state index contributed by atoms with van der Waals surface area (Å²) >= 11 is 0. The molecule has 4 nitrogen and oxygen atoms in total. The zero-order valence-electron chi connectivity index (χ0n) is 10.7. The van der Waals surface area contributed by atoms with Gasteiger partial charge in [0.25, 0.3) is 0 Å². The Hall–Kier alpha value is -0.770. The molecule has 1 amide bonds. The summed E-state index contributed by atoms with van der Waals surface area (Å²) < 4.78 is 5.40. The fourth-order valence-corrected chi connectivity index (χ4v) is 2.62. The third-order valence-corrected chi connectivity index (χ3v) is 3.55. The first-order valence-electron chi connectivity index (χ1n) is 5.99. The monoisotopic (exact) mass is 226 g/mol. The number of likely N-dealkylation sites (tertiary alicyclic amines) is 1. The van der Waals surface area contributed by atoms with E-state index in [-0.39, 0.29) is 11.5 Å². The zero-order chi connectivity index (χ0) is 12.0. The number of rotatable bonds is 0. The van der Waals surface area contributed by atoms with Gasteiger partial charge in [0.1, 0.15) is 5.60 Å². The van der Waals surface area contributed by atoms with Crippen molar-refractivity contribution in [3.8, 4) is 0 Å². The van der Waals surface area contributed by atoms with Gasteiger partial charge in [0.2, 0.25) is 0 Å². The fraction of sp³-hybridized carbons (Fsp3) is 0.917. The molecular weight excluding hydrogens is 204 g/mol. The molecule has 0 bridgehead atoms. The molecule has 0 radical (unpaired) electrons. The Morgan fingerprint density at radius 1 is 1.50 bits per heavy atom. The molecule has 2 rings (SSSR count). The van der Waals surface area contributed by atoms with Crippen molar-refractivity contribution in [3.63, 3.8) is 0 Å². The van der Waals surface area contributed by atoms with Crippen molar-refractivity contribution in [2.45, 2.75) is 33.3 Å². The number of nitrogens with one attached hydrogen (secondary N) is 1. The lowest BCUT2D eigenvalue weighted by Crippen LogP contribution is -2.38. The number of ether oxygens (including phenoxy) is 1. The van der Waals surface area contributed by atoms with E-state index in [4.69, 9.17) is 4.74 Å². The van der Waals surface area contributed by atoms with Gasteiger partial charge in [-0.3, -0.25) is 0 Å². The van der Waals surface area contributed by atoms with Crippen LogP contribution in [0.5, 0.6) is 0 Å². The summed E-state index contributed by atoms with van der Waals surface area (Å²) in [5, 5.41) is 3.39. The Morgan fingerprint density at radius 3 is 2.75 bits per heavy atom. The predicted octanol–water partition coefficient (Wildman–Crippen LogP) is 1.46. The molecule has 0 aromatic carbocycles. The minimum Gasteiger partial charge on any atom is -0.444 e. The summed E-state index contributed by atoms with van der Waals surface area (Å²) in [6.07, 6.45) is -0.164. The number of hydrogen-bond donors (Lipinski definition) is 1. The second-order valence-electron chi connectivity index (χ2n) is 6.34. The van der Waals surface area contributed by atoms with Gasteiger partial charge in [0.15, 0.2) is 0 Å². The Bertz CT molecular complexity index is 298. The Morgan fingerprint density at radius 2 is 2.19 bits per heavy atom. The van der Waals surface area contributed by atoms with Crippen molar-refractivity contribution in [2.75, 3.05) is 26.2 Å². The predicted molar refractivity (Wildman–Crippen MR) is 62.3 cm³/mol. The molecule has 2 heterocycles. The Balaban J connectivity index is 1.97. The quantitative estimate of drug-likeness (QED) is 0.680. The van der Waals surface area contributed by atoms with Crippen LogP contribution in [-0.4, -0.2) is 42.8 Å². The Labute approximate surface area is 97.3 Å². The van der Waals surface area contributed by atoms with E-state index in [2.05, 4.69) is 12.2 Å². The molecule has 2 fully saturated rings. The zero-order valence-corrected chi connectivity index (χ0v) is 10.7. The SMILES string of the molecule is CC(C)(C)OC(=O)N1CC2CNC[C@@]2(C)C1. The van der Waals surface area contributed by atoms with E-state index in [0.717, 1.165) is 26.2 Å². The van der Waals surface area contributed by atoms with Gasteiger partial charge < -0.3 is 15.0 Å². The lowest BCUT2D eigenvalue weighted by atomic mass is 9.83. The first-order chi connectivity index (χ1) is 7.30. The first-order valence-corrected chi connectivity index (χ1v) is 5.99. The van der Waals surface area contributed by atoms with E-state index < -0.39 is 5.60 Å². The van der Waals surface area contributed by atoms with Crippen LogP contribution in [0.3, 0.4) is 0 Å². The third kappa shape index (κ3) is 2.17. The molecule has 2 atom stereocenters. The largest absolute Gasteiger partial charge is 0.444 e. The molecule has 92 valence electrons. The maximum absolute atomic E-state index is 11.9. The minimum absolute atomic E-state index is 0.164. The lowest BCUT2D eigenvalue weighted by Gasteiger charge is -2.26. The van der Waals surface area contributed by atoms with Crippen LogP contribution < -0.4 is 5.32 Å². The number of carbonyl (C=O) groups excluding carboxylic acids is 1. The van der Waals surface area contributed by atoms with Gasteiger partial charge in [-0.15, -0.1) is 0 Å². The highest BCUT2D eigenvalue weighted by Gasteiger charge is 2.48. The van der Waals surface area contributed by atoms with E-state index in [1.807, 2.05) is 25.7 Å². The van der Waals surface area contributed by atoms with Crippen LogP contribution in [-0.2, 0) is 4.74 Å². The maximum Gasteiger partial charge on any atom is 0.410 e. The van der Waals surface area contributed by atoms with Crippen LogP contribution in [0.4, 0.5) is 4.79 Å². The van der Waals surface area contributed by atoms with Gasteiger partial charge in [-0.1, -0.05) is 6.92 Å². The molecule has 2 aliphatic rings. The molecule has 0 saturated carbocycles. The standard InChI is InChI=1S/C12H22N2O2/c1-11(2,3)16-10(15)14-6-9-5-13-7-12(9,4)8-14/h9,13H,5-8H2,1-4H3/t9?,12-/m0/s1. The van der Waals surface area contributed by atoms with Gasteiger partial charge in [0, 0.05) is 31.6 Å².